The van der Waals surface area contributed by atoms with E-state index < -0.39 is 6.10 Å². The van der Waals surface area contributed by atoms with E-state index in [-0.39, 0.29) is 30.5 Å². The Hall–Kier alpha value is -1.88. The number of amides is 2. The topological polar surface area (TPSA) is 58.6 Å². The minimum Gasteiger partial charge on any atom is -0.357 e. The van der Waals surface area contributed by atoms with Crippen LogP contribution in [0.2, 0.25) is 0 Å². The molecule has 1 aliphatic heterocycles. The van der Waals surface area contributed by atoms with Gasteiger partial charge < -0.3 is 15.0 Å². The van der Waals surface area contributed by atoms with E-state index >= 15 is 0 Å². The Morgan fingerprint density at radius 1 is 1.23 bits per heavy atom. The fourth-order valence-electron chi connectivity index (χ4n) is 3.59. The van der Waals surface area contributed by atoms with Crippen LogP contribution in [-0.4, -0.2) is 42.5 Å². The highest BCUT2D eigenvalue weighted by atomic mass is 16.5. The van der Waals surface area contributed by atoms with Gasteiger partial charge in [0.25, 0.3) is 5.91 Å². The van der Waals surface area contributed by atoms with Crippen molar-refractivity contribution in [3.05, 3.63) is 35.9 Å². The third-order valence-corrected chi connectivity index (χ3v) is 4.62. The molecule has 5 nitrogen and oxygen atoms in total. The van der Waals surface area contributed by atoms with Crippen LogP contribution >= 0.6 is 0 Å². The molecule has 1 heterocycles. The lowest BCUT2D eigenvalue weighted by molar-refractivity contribution is -0.167. The van der Waals surface area contributed by atoms with Gasteiger partial charge in [0.2, 0.25) is 5.91 Å². The van der Waals surface area contributed by atoms with E-state index in [4.69, 9.17) is 4.74 Å². The van der Waals surface area contributed by atoms with Crippen molar-refractivity contribution in [1.82, 2.24) is 10.2 Å². The Morgan fingerprint density at radius 3 is 2.55 bits per heavy atom. The van der Waals surface area contributed by atoms with E-state index in [2.05, 4.69) is 5.32 Å². The van der Waals surface area contributed by atoms with Gasteiger partial charge in [-0.3, -0.25) is 9.59 Å². The normalized spacial score (nSPS) is 26.2. The summed E-state index contributed by atoms with van der Waals surface area (Å²) in [5.41, 5.74) is 0.955. The number of morpholine rings is 1. The molecule has 0 radical (unpaired) electrons. The van der Waals surface area contributed by atoms with Crippen molar-refractivity contribution in [1.29, 1.82) is 0 Å². The van der Waals surface area contributed by atoms with E-state index in [1.807, 2.05) is 35.2 Å². The van der Waals surface area contributed by atoms with Gasteiger partial charge in [0.15, 0.2) is 6.10 Å². The van der Waals surface area contributed by atoms with Crippen molar-refractivity contribution >= 4 is 11.8 Å². The molecule has 5 heteroatoms. The summed E-state index contributed by atoms with van der Waals surface area (Å²) >= 11 is 0. The molecule has 118 valence electrons. The Morgan fingerprint density at radius 2 is 1.91 bits per heavy atom. The quantitative estimate of drug-likeness (QED) is 0.923. The first-order valence-corrected chi connectivity index (χ1v) is 7.91. The van der Waals surface area contributed by atoms with Crippen LogP contribution < -0.4 is 5.32 Å². The number of ether oxygens (including phenoxy) is 1. The zero-order valence-electron chi connectivity index (χ0n) is 12.8. The Balaban J connectivity index is 1.99. The van der Waals surface area contributed by atoms with Gasteiger partial charge in [0, 0.05) is 13.1 Å². The van der Waals surface area contributed by atoms with Gasteiger partial charge >= 0.3 is 0 Å². The average molecular weight is 302 g/mol. The van der Waals surface area contributed by atoms with Gasteiger partial charge in [-0.1, -0.05) is 43.2 Å². The van der Waals surface area contributed by atoms with E-state index in [9.17, 15) is 9.59 Å². The fraction of sp³-hybridized carbons (Fsp3) is 0.529. The predicted molar refractivity (Wildman–Crippen MR) is 82.1 cm³/mol. The Kier molecular flexibility index (Phi) is 4.43. The van der Waals surface area contributed by atoms with Crippen molar-refractivity contribution < 1.29 is 14.3 Å². The monoisotopic (exact) mass is 302 g/mol. The molecule has 3 rings (SSSR count). The third-order valence-electron chi connectivity index (χ3n) is 4.62. The molecule has 2 amide bonds. The number of rotatable bonds is 3. The minimum atomic E-state index is -0.648. The SMILES string of the molecule is CNC(=O)[C@@H]1OCC(=O)N(C2CCCC2)[C@H]1c1ccccc1. The maximum absolute atomic E-state index is 12.5. The molecule has 1 saturated heterocycles. The molecule has 0 unspecified atom stereocenters. The van der Waals surface area contributed by atoms with Crippen LogP contribution in [0.4, 0.5) is 0 Å². The average Bonchev–Trinajstić information content (AvgIpc) is 3.08. The number of hydrogen-bond acceptors (Lipinski definition) is 3. The van der Waals surface area contributed by atoms with Crippen LogP contribution in [0.3, 0.4) is 0 Å². The zero-order valence-corrected chi connectivity index (χ0v) is 12.8. The zero-order chi connectivity index (χ0) is 15.5. The summed E-state index contributed by atoms with van der Waals surface area (Å²) < 4.78 is 5.60. The highest BCUT2D eigenvalue weighted by Gasteiger charge is 2.44. The second-order valence-electron chi connectivity index (χ2n) is 5.94. The van der Waals surface area contributed by atoms with Crippen molar-refractivity contribution in [2.24, 2.45) is 0 Å². The van der Waals surface area contributed by atoms with Crippen LogP contribution in [0.5, 0.6) is 0 Å². The van der Waals surface area contributed by atoms with Crippen molar-refractivity contribution in [2.45, 2.75) is 43.9 Å². The smallest absolute Gasteiger partial charge is 0.251 e. The van der Waals surface area contributed by atoms with Crippen LogP contribution in [0.15, 0.2) is 30.3 Å². The van der Waals surface area contributed by atoms with Gasteiger partial charge in [-0.15, -0.1) is 0 Å². The summed E-state index contributed by atoms with van der Waals surface area (Å²) in [6.07, 6.45) is 3.65. The van der Waals surface area contributed by atoms with E-state index in [0.717, 1.165) is 31.2 Å². The van der Waals surface area contributed by atoms with Crippen molar-refractivity contribution in [2.75, 3.05) is 13.7 Å². The summed E-state index contributed by atoms with van der Waals surface area (Å²) in [4.78, 5) is 26.6. The van der Waals surface area contributed by atoms with Crippen LogP contribution in [0, 0.1) is 0 Å². The second-order valence-corrected chi connectivity index (χ2v) is 5.94. The number of benzene rings is 1. The lowest BCUT2D eigenvalue weighted by Crippen LogP contribution is -2.56. The standard InChI is InChI=1S/C17H22N2O3/c1-18-17(21)16-15(12-7-3-2-4-8-12)19(14(20)11-22-16)13-9-5-6-10-13/h2-4,7-8,13,15-16H,5-6,9-11H2,1H3,(H,18,21)/t15-,16+/m0/s1. The Bertz CT molecular complexity index is 540. The molecular formula is C17H22N2O3. The molecule has 22 heavy (non-hydrogen) atoms. The van der Waals surface area contributed by atoms with Crippen LogP contribution in [-0.2, 0) is 14.3 Å². The predicted octanol–water partition coefficient (Wildman–Crippen LogP) is 1.64. The van der Waals surface area contributed by atoms with Crippen molar-refractivity contribution in [3.63, 3.8) is 0 Å². The molecule has 1 aromatic rings. The molecule has 1 saturated carbocycles. The van der Waals surface area contributed by atoms with E-state index in [1.165, 1.54) is 0 Å². The molecule has 0 spiro atoms. The highest BCUT2D eigenvalue weighted by Crippen LogP contribution is 2.36. The first kappa shape index (κ1) is 15.0. The first-order valence-electron chi connectivity index (χ1n) is 7.91. The number of likely N-dealkylation sites (N-methyl/N-ethyl adjacent to an activating group) is 1. The van der Waals surface area contributed by atoms with Crippen LogP contribution in [0.25, 0.3) is 0 Å². The summed E-state index contributed by atoms with van der Waals surface area (Å²) in [7, 11) is 1.60. The third kappa shape index (κ3) is 2.73. The van der Waals surface area contributed by atoms with E-state index in [0.29, 0.717) is 0 Å². The largest absolute Gasteiger partial charge is 0.357 e. The molecule has 1 aliphatic carbocycles. The van der Waals surface area contributed by atoms with Gasteiger partial charge in [-0.2, -0.15) is 0 Å². The molecule has 1 aromatic carbocycles. The lowest BCUT2D eigenvalue weighted by atomic mass is 9.95. The number of hydrogen-bond donors (Lipinski definition) is 1. The van der Waals surface area contributed by atoms with Gasteiger partial charge in [-0.05, 0) is 18.4 Å². The lowest BCUT2D eigenvalue weighted by Gasteiger charge is -2.43. The van der Waals surface area contributed by atoms with Crippen molar-refractivity contribution in [3.8, 4) is 0 Å². The number of nitrogens with zero attached hydrogens (tertiary/aromatic N) is 1. The maximum Gasteiger partial charge on any atom is 0.251 e. The summed E-state index contributed by atoms with van der Waals surface area (Å²) in [6, 6.07) is 9.60. The Labute approximate surface area is 130 Å². The molecule has 2 atom stereocenters. The van der Waals surface area contributed by atoms with Crippen LogP contribution in [0.1, 0.15) is 37.3 Å². The molecule has 0 aromatic heterocycles. The summed E-state index contributed by atoms with van der Waals surface area (Å²) in [6.45, 7) is -0.0160. The van der Waals surface area contributed by atoms with E-state index in [1.54, 1.807) is 7.05 Å². The summed E-state index contributed by atoms with van der Waals surface area (Å²) in [5.74, 6) is -0.190. The fourth-order valence-corrected chi connectivity index (χ4v) is 3.59. The molecule has 1 N–H and O–H groups in total. The molecule has 2 aliphatic rings. The molecular weight excluding hydrogens is 280 g/mol. The summed E-state index contributed by atoms with van der Waals surface area (Å²) in [5, 5.41) is 2.66. The van der Waals surface area contributed by atoms with Gasteiger partial charge in [-0.25, -0.2) is 0 Å². The van der Waals surface area contributed by atoms with Gasteiger partial charge in [0.05, 0.1) is 6.04 Å². The highest BCUT2D eigenvalue weighted by molar-refractivity contribution is 5.86. The maximum atomic E-state index is 12.5. The molecule has 2 fully saturated rings. The first-order chi connectivity index (χ1) is 10.7. The second kappa shape index (κ2) is 6.48. The van der Waals surface area contributed by atoms with Gasteiger partial charge in [0.1, 0.15) is 6.61 Å². The minimum absolute atomic E-state index is 0.0130. The number of nitrogens with one attached hydrogen (secondary N) is 1. The number of carbonyl (C=O) groups is 2. The number of carbonyl (C=O) groups excluding carboxylic acids is 2. The molecule has 0 bridgehead atoms.